The van der Waals surface area contributed by atoms with Gasteiger partial charge >= 0.3 is 0 Å². The van der Waals surface area contributed by atoms with Crippen LogP contribution in [0.4, 0.5) is 0 Å². The van der Waals surface area contributed by atoms with Gasteiger partial charge < -0.3 is 10.3 Å². The van der Waals surface area contributed by atoms with Crippen molar-refractivity contribution in [3.05, 3.63) is 53.9 Å². The molecule has 1 heterocycles. The van der Waals surface area contributed by atoms with Gasteiger partial charge in [0.15, 0.2) is 5.96 Å². The van der Waals surface area contributed by atoms with Crippen molar-refractivity contribution < 1.29 is 4.79 Å². The molecule has 0 unspecified atom stereocenters. The summed E-state index contributed by atoms with van der Waals surface area (Å²) in [5, 5.41) is 9.45. The molecule has 0 spiro atoms. The topological polar surface area (TPSA) is 83.9 Å². The first-order valence-corrected chi connectivity index (χ1v) is 7.03. The molecule has 0 aliphatic heterocycles. The van der Waals surface area contributed by atoms with Gasteiger partial charge in [-0.2, -0.15) is 0 Å². The number of hydrogen-bond acceptors (Lipinski definition) is 2. The zero-order valence-corrected chi connectivity index (χ0v) is 12.1. The van der Waals surface area contributed by atoms with Gasteiger partial charge in [-0.25, -0.2) is 0 Å². The molecule has 0 aliphatic rings. The number of aryl methyl sites for hydroxylation is 1. The minimum absolute atomic E-state index is 0.349. The fraction of sp³-hybridized carbons (Fsp3) is 0.250. The van der Waals surface area contributed by atoms with Crippen LogP contribution in [-0.2, 0) is 6.42 Å². The lowest BCUT2D eigenvalue weighted by molar-refractivity contribution is 0.0976. The molecule has 0 bridgehead atoms. The van der Waals surface area contributed by atoms with Crippen molar-refractivity contribution in [1.29, 1.82) is 5.41 Å². The first kappa shape index (κ1) is 14.8. The van der Waals surface area contributed by atoms with E-state index >= 15 is 0 Å². The van der Waals surface area contributed by atoms with Crippen molar-refractivity contribution in [3.8, 4) is 5.69 Å². The van der Waals surface area contributed by atoms with Gasteiger partial charge in [0, 0.05) is 23.6 Å². The van der Waals surface area contributed by atoms with E-state index in [1.807, 2.05) is 41.2 Å². The third-order valence-electron chi connectivity index (χ3n) is 3.28. The summed E-state index contributed by atoms with van der Waals surface area (Å²) in [6, 6.07) is 9.48. The summed E-state index contributed by atoms with van der Waals surface area (Å²) in [4.78, 5) is 12.0. The zero-order valence-electron chi connectivity index (χ0n) is 12.1. The number of nitrogens with one attached hydrogen (secondary N) is 2. The maximum atomic E-state index is 12.0. The fourth-order valence-electron chi connectivity index (χ4n) is 2.21. The Morgan fingerprint density at radius 2 is 2.05 bits per heavy atom. The van der Waals surface area contributed by atoms with E-state index < -0.39 is 0 Å². The van der Waals surface area contributed by atoms with Crippen molar-refractivity contribution in [1.82, 2.24) is 9.88 Å². The van der Waals surface area contributed by atoms with Crippen molar-refractivity contribution in [3.63, 3.8) is 0 Å². The van der Waals surface area contributed by atoms with Gasteiger partial charge in [-0.15, -0.1) is 0 Å². The number of nitrogens with two attached hydrogens (primary N) is 1. The van der Waals surface area contributed by atoms with Crippen molar-refractivity contribution in [2.45, 2.75) is 26.2 Å². The van der Waals surface area contributed by atoms with Gasteiger partial charge in [0.2, 0.25) is 0 Å². The molecule has 0 saturated carbocycles. The van der Waals surface area contributed by atoms with Gasteiger partial charge in [-0.1, -0.05) is 19.4 Å². The molecular weight excluding hydrogens is 264 g/mol. The molecule has 0 aliphatic carbocycles. The highest BCUT2D eigenvalue weighted by Gasteiger charge is 2.11. The normalized spacial score (nSPS) is 10.3. The maximum absolute atomic E-state index is 12.0. The smallest absolute Gasteiger partial charge is 0.258 e. The summed E-state index contributed by atoms with van der Waals surface area (Å²) < 4.78 is 2.00. The number of hydrogen-bond donors (Lipinski definition) is 3. The van der Waals surface area contributed by atoms with E-state index in [1.165, 1.54) is 5.56 Å². The first-order chi connectivity index (χ1) is 10.1. The molecule has 0 fully saturated rings. The molecule has 2 aromatic rings. The second-order valence-corrected chi connectivity index (χ2v) is 4.91. The number of amides is 1. The van der Waals surface area contributed by atoms with Crippen LogP contribution in [0.5, 0.6) is 0 Å². The highest BCUT2D eigenvalue weighted by atomic mass is 16.1. The summed E-state index contributed by atoms with van der Waals surface area (Å²) in [5.41, 5.74) is 7.89. The van der Waals surface area contributed by atoms with Crippen LogP contribution in [0.15, 0.2) is 42.7 Å². The Morgan fingerprint density at radius 3 is 2.67 bits per heavy atom. The molecule has 0 saturated heterocycles. The molecule has 0 radical (unpaired) electrons. The third kappa shape index (κ3) is 3.72. The maximum Gasteiger partial charge on any atom is 0.258 e. The second kappa shape index (κ2) is 6.74. The van der Waals surface area contributed by atoms with Crippen molar-refractivity contribution in [2.75, 3.05) is 0 Å². The summed E-state index contributed by atoms with van der Waals surface area (Å²) in [6.45, 7) is 2.16. The van der Waals surface area contributed by atoms with Crippen molar-refractivity contribution in [2.24, 2.45) is 5.73 Å². The first-order valence-electron chi connectivity index (χ1n) is 7.03. The quantitative estimate of drug-likeness (QED) is 0.582. The lowest BCUT2D eigenvalue weighted by Crippen LogP contribution is -2.35. The van der Waals surface area contributed by atoms with E-state index in [-0.39, 0.29) is 11.9 Å². The van der Waals surface area contributed by atoms with E-state index in [1.54, 1.807) is 6.07 Å². The molecule has 1 aromatic carbocycles. The molecule has 110 valence electrons. The van der Waals surface area contributed by atoms with Gasteiger partial charge in [-0.3, -0.25) is 15.5 Å². The van der Waals surface area contributed by atoms with Crippen LogP contribution in [0.25, 0.3) is 5.69 Å². The van der Waals surface area contributed by atoms with Crippen LogP contribution in [0.1, 0.15) is 35.7 Å². The molecular formula is C16H20N4O. The molecule has 4 N–H and O–H groups in total. The zero-order chi connectivity index (χ0) is 15.2. The van der Waals surface area contributed by atoms with E-state index in [0.29, 0.717) is 5.56 Å². The Balaban J connectivity index is 2.37. The van der Waals surface area contributed by atoms with E-state index in [0.717, 1.165) is 24.9 Å². The minimum atomic E-state index is -0.363. The van der Waals surface area contributed by atoms with E-state index in [9.17, 15) is 4.79 Å². The Hall–Kier alpha value is -2.56. The van der Waals surface area contributed by atoms with Crippen LogP contribution >= 0.6 is 0 Å². The fourth-order valence-corrected chi connectivity index (χ4v) is 2.21. The summed E-state index contributed by atoms with van der Waals surface area (Å²) in [6.07, 6.45) is 7.11. The molecule has 2 rings (SSSR count). The highest BCUT2D eigenvalue weighted by Crippen LogP contribution is 2.19. The van der Waals surface area contributed by atoms with Crippen LogP contribution in [0, 0.1) is 5.41 Å². The van der Waals surface area contributed by atoms with Gasteiger partial charge in [0.25, 0.3) is 5.91 Å². The van der Waals surface area contributed by atoms with Crippen molar-refractivity contribution >= 4 is 11.9 Å². The lowest BCUT2D eigenvalue weighted by Gasteiger charge is -2.13. The van der Waals surface area contributed by atoms with E-state index in [4.69, 9.17) is 11.1 Å². The monoisotopic (exact) mass is 284 g/mol. The summed E-state index contributed by atoms with van der Waals surface area (Å²) in [7, 11) is 0. The predicted molar refractivity (Wildman–Crippen MR) is 83.8 cm³/mol. The van der Waals surface area contributed by atoms with Gasteiger partial charge in [0.1, 0.15) is 0 Å². The number of rotatable bonds is 5. The molecule has 5 nitrogen and oxygen atoms in total. The largest absolute Gasteiger partial charge is 0.370 e. The Bertz CT molecular complexity index is 632. The number of carbonyl (C=O) groups excluding carboxylic acids is 1. The highest BCUT2D eigenvalue weighted by molar-refractivity contribution is 6.04. The summed E-state index contributed by atoms with van der Waals surface area (Å²) in [5.74, 6) is -0.712. The predicted octanol–water partition coefficient (Wildman–Crippen LogP) is 2.44. The number of guanidine groups is 1. The van der Waals surface area contributed by atoms with Gasteiger partial charge in [-0.05, 0) is 42.7 Å². The van der Waals surface area contributed by atoms with E-state index in [2.05, 4.69) is 12.2 Å². The third-order valence-corrected chi connectivity index (χ3v) is 3.28. The van der Waals surface area contributed by atoms with Gasteiger partial charge in [0.05, 0.1) is 0 Å². The lowest BCUT2D eigenvalue weighted by atomic mass is 10.0. The molecule has 0 atom stereocenters. The molecule has 5 heteroatoms. The number of carbonyl (C=O) groups is 1. The average molecular weight is 284 g/mol. The minimum Gasteiger partial charge on any atom is -0.370 e. The van der Waals surface area contributed by atoms with Crippen LogP contribution in [-0.4, -0.2) is 16.4 Å². The Morgan fingerprint density at radius 1 is 1.33 bits per heavy atom. The number of aromatic nitrogens is 1. The average Bonchev–Trinajstić information content (AvgIpc) is 2.98. The molecule has 1 aromatic heterocycles. The Labute approximate surface area is 124 Å². The molecule has 21 heavy (non-hydrogen) atoms. The SMILES string of the molecule is CCCCc1ccc(C(=O)NC(=N)N)cc1-n1cccc1. The van der Waals surface area contributed by atoms with Crippen LogP contribution in [0.3, 0.4) is 0 Å². The van der Waals surface area contributed by atoms with Crippen LogP contribution < -0.4 is 11.1 Å². The number of nitrogens with zero attached hydrogens (tertiary/aromatic N) is 1. The summed E-state index contributed by atoms with van der Waals surface area (Å²) >= 11 is 0. The number of unbranched alkanes of at least 4 members (excludes halogenated alkanes) is 1. The molecule has 1 amide bonds. The van der Waals surface area contributed by atoms with Crippen LogP contribution in [0.2, 0.25) is 0 Å². The second-order valence-electron chi connectivity index (χ2n) is 4.91. The number of benzene rings is 1. The Kier molecular flexibility index (Phi) is 4.77. The standard InChI is InChI=1S/C16H20N4O/c1-2-3-6-12-7-8-13(15(21)19-16(17)18)11-14(12)20-9-4-5-10-20/h4-5,7-11H,2-3,6H2,1H3,(H4,17,18,19,21).